The van der Waals surface area contributed by atoms with Gasteiger partial charge in [0.15, 0.2) is 0 Å². The van der Waals surface area contributed by atoms with Gasteiger partial charge in [-0.05, 0) is 18.9 Å². The Labute approximate surface area is 79.7 Å². The molecule has 0 heterocycles. The molecular formula is C12H16O. The molecule has 1 heteroatoms. The van der Waals surface area contributed by atoms with E-state index in [0.29, 0.717) is 0 Å². The Morgan fingerprint density at radius 3 is 2.46 bits per heavy atom. The molecule has 0 amide bonds. The van der Waals surface area contributed by atoms with Crippen molar-refractivity contribution in [2.45, 2.75) is 25.4 Å². The van der Waals surface area contributed by atoms with Gasteiger partial charge in [-0.1, -0.05) is 36.4 Å². The number of rotatable bonds is 4. The lowest BCUT2D eigenvalue weighted by Gasteiger charge is -2.18. The van der Waals surface area contributed by atoms with Crippen LogP contribution in [0.4, 0.5) is 0 Å². The van der Waals surface area contributed by atoms with Crippen molar-refractivity contribution in [3.63, 3.8) is 0 Å². The summed E-state index contributed by atoms with van der Waals surface area (Å²) in [6.07, 6.45) is 2.35. The second-order valence-electron chi connectivity index (χ2n) is 3.28. The van der Waals surface area contributed by atoms with E-state index in [1.165, 1.54) is 5.56 Å². The summed E-state index contributed by atoms with van der Waals surface area (Å²) in [5.41, 5.74) is 1.18. The predicted molar refractivity (Wildman–Crippen MR) is 55.7 cm³/mol. The maximum atomic E-state index is 9.55. The first-order valence-corrected chi connectivity index (χ1v) is 4.59. The highest BCUT2D eigenvalue weighted by atomic mass is 16.3. The summed E-state index contributed by atoms with van der Waals surface area (Å²) in [4.78, 5) is 0. The Balaban J connectivity index is 2.82. The molecule has 13 heavy (non-hydrogen) atoms. The molecule has 1 N–H and O–H groups in total. The smallest absolute Gasteiger partial charge is 0.0583 e. The minimum Gasteiger partial charge on any atom is -0.393 e. The van der Waals surface area contributed by atoms with Gasteiger partial charge in [0.05, 0.1) is 6.10 Å². The number of benzene rings is 1. The first-order valence-electron chi connectivity index (χ1n) is 4.59. The van der Waals surface area contributed by atoms with Gasteiger partial charge in [-0.15, -0.1) is 6.58 Å². The highest BCUT2D eigenvalue weighted by Gasteiger charge is 2.14. The van der Waals surface area contributed by atoms with Gasteiger partial charge in [0.2, 0.25) is 0 Å². The van der Waals surface area contributed by atoms with Crippen LogP contribution in [-0.4, -0.2) is 11.2 Å². The molecule has 0 spiro atoms. The van der Waals surface area contributed by atoms with E-state index in [1.54, 1.807) is 0 Å². The lowest BCUT2D eigenvalue weighted by atomic mass is 9.91. The van der Waals surface area contributed by atoms with Gasteiger partial charge < -0.3 is 5.11 Å². The summed E-state index contributed by atoms with van der Waals surface area (Å²) >= 11 is 0. The van der Waals surface area contributed by atoms with Crippen molar-refractivity contribution in [2.24, 2.45) is 0 Å². The van der Waals surface area contributed by atoms with Crippen LogP contribution in [0.2, 0.25) is 0 Å². The lowest BCUT2D eigenvalue weighted by molar-refractivity contribution is 0.162. The molecule has 1 aromatic rings. The van der Waals surface area contributed by atoms with Crippen LogP contribution < -0.4 is 0 Å². The summed E-state index contributed by atoms with van der Waals surface area (Å²) in [5.74, 6) is 0.179. The molecule has 0 aromatic heterocycles. The predicted octanol–water partition coefficient (Wildman–Crippen LogP) is 2.73. The lowest BCUT2D eigenvalue weighted by Crippen LogP contribution is -2.13. The molecule has 1 nitrogen and oxygen atoms in total. The molecule has 2 atom stereocenters. The zero-order valence-corrected chi connectivity index (χ0v) is 7.98. The molecule has 0 radical (unpaired) electrons. The van der Waals surface area contributed by atoms with Crippen LogP contribution in [0, 0.1) is 0 Å². The molecule has 0 aliphatic heterocycles. The largest absolute Gasteiger partial charge is 0.393 e. The van der Waals surface area contributed by atoms with Crippen LogP contribution in [0.3, 0.4) is 0 Å². The van der Waals surface area contributed by atoms with Crippen LogP contribution in [0.1, 0.15) is 24.8 Å². The van der Waals surface area contributed by atoms with E-state index in [0.717, 1.165) is 6.42 Å². The molecule has 0 bridgehead atoms. The SMILES string of the molecule is C=CC[C@H](c1ccccc1)[C@@H](C)O. The summed E-state index contributed by atoms with van der Waals surface area (Å²) in [6, 6.07) is 10.1. The van der Waals surface area contributed by atoms with Gasteiger partial charge >= 0.3 is 0 Å². The van der Waals surface area contributed by atoms with E-state index < -0.39 is 0 Å². The Kier molecular flexibility index (Phi) is 3.71. The number of aliphatic hydroxyl groups is 1. The Hall–Kier alpha value is -1.08. The summed E-state index contributed by atoms with van der Waals surface area (Å²) in [6.45, 7) is 5.52. The van der Waals surface area contributed by atoms with Crippen molar-refractivity contribution in [1.82, 2.24) is 0 Å². The van der Waals surface area contributed by atoms with Crippen molar-refractivity contribution in [3.8, 4) is 0 Å². The van der Waals surface area contributed by atoms with E-state index in [2.05, 4.69) is 6.58 Å². The van der Waals surface area contributed by atoms with E-state index in [9.17, 15) is 5.11 Å². The zero-order chi connectivity index (χ0) is 9.68. The van der Waals surface area contributed by atoms with Gasteiger partial charge in [0.1, 0.15) is 0 Å². The fourth-order valence-electron chi connectivity index (χ4n) is 1.49. The molecule has 1 rings (SSSR count). The maximum Gasteiger partial charge on any atom is 0.0583 e. The van der Waals surface area contributed by atoms with Crippen LogP contribution in [0.15, 0.2) is 43.0 Å². The molecule has 0 saturated heterocycles. The Bertz CT molecular complexity index is 251. The Morgan fingerprint density at radius 1 is 1.38 bits per heavy atom. The molecular weight excluding hydrogens is 160 g/mol. The number of aliphatic hydroxyl groups excluding tert-OH is 1. The van der Waals surface area contributed by atoms with Gasteiger partial charge in [-0.25, -0.2) is 0 Å². The molecule has 70 valence electrons. The third-order valence-corrected chi connectivity index (χ3v) is 2.23. The van der Waals surface area contributed by atoms with Crippen LogP contribution in [0.5, 0.6) is 0 Å². The fraction of sp³-hybridized carbons (Fsp3) is 0.333. The third-order valence-electron chi connectivity index (χ3n) is 2.23. The van der Waals surface area contributed by atoms with E-state index in [4.69, 9.17) is 0 Å². The van der Waals surface area contributed by atoms with Crippen molar-refractivity contribution < 1.29 is 5.11 Å². The highest BCUT2D eigenvalue weighted by molar-refractivity contribution is 5.21. The summed E-state index contributed by atoms with van der Waals surface area (Å²) in [7, 11) is 0. The van der Waals surface area contributed by atoms with E-state index >= 15 is 0 Å². The Morgan fingerprint density at radius 2 is 2.00 bits per heavy atom. The van der Waals surface area contributed by atoms with E-state index in [-0.39, 0.29) is 12.0 Å². The molecule has 0 saturated carbocycles. The first-order chi connectivity index (χ1) is 6.25. The average Bonchev–Trinajstić information content (AvgIpc) is 2.15. The van der Waals surface area contributed by atoms with Crippen LogP contribution in [0.25, 0.3) is 0 Å². The monoisotopic (exact) mass is 176 g/mol. The number of allylic oxidation sites excluding steroid dienone is 1. The summed E-state index contributed by atoms with van der Waals surface area (Å²) in [5, 5.41) is 9.55. The number of hydrogen-bond acceptors (Lipinski definition) is 1. The first kappa shape index (κ1) is 10.0. The quantitative estimate of drug-likeness (QED) is 0.699. The van der Waals surface area contributed by atoms with E-state index in [1.807, 2.05) is 43.3 Å². The average molecular weight is 176 g/mol. The number of hydrogen-bond donors (Lipinski definition) is 1. The normalized spacial score (nSPS) is 14.9. The van der Waals surface area contributed by atoms with Crippen LogP contribution >= 0.6 is 0 Å². The minimum absolute atomic E-state index is 0.179. The second-order valence-corrected chi connectivity index (χ2v) is 3.28. The fourth-order valence-corrected chi connectivity index (χ4v) is 1.49. The van der Waals surface area contributed by atoms with Crippen molar-refractivity contribution >= 4 is 0 Å². The van der Waals surface area contributed by atoms with Gasteiger partial charge in [0, 0.05) is 5.92 Å². The molecule has 0 unspecified atom stereocenters. The zero-order valence-electron chi connectivity index (χ0n) is 7.98. The molecule has 0 aliphatic rings. The van der Waals surface area contributed by atoms with Crippen LogP contribution in [-0.2, 0) is 0 Å². The molecule has 0 aliphatic carbocycles. The minimum atomic E-state index is -0.319. The van der Waals surface area contributed by atoms with Crippen molar-refractivity contribution in [1.29, 1.82) is 0 Å². The topological polar surface area (TPSA) is 20.2 Å². The maximum absolute atomic E-state index is 9.55. The third kappa shape index (κ3) is 2.71. The standard InChI is InChI=1S/C12H16O/c1-3-7-12(10(2)13)11-8-5-4-6-9-11/h3-6,8-10,12-13H,1,7H2,2H3/t10-,12+/m1/s1. The summed E-state index contributed by atoms with van der Waals surface area (Å²) < 4.78 is 0. The second kappa shape index (κ2) is 4.83. The van der Waals surface area contributed by atoms with Crippen molar-refractivity contribution in [2.75, 3.05) is 0 Å². The van der Waals surface area contributed by atoms with Gasteiger partial charge in [-0.2, -0.15) is 0 Å². The van der Waals surface area contributed by atoms with Gasteiger partial charge in [0.25, 0.3) is 0 Å². The van der Waals surface area contributed by atoms with Crippen molar-refractivity contribution in [3.05, 3.63) is 48.6 Å². The molecule has 0 fully saturated rings. The van der Waals surface area contributed by atoms with Gasteiger partial charge in [-0.3, -0.25) is 0 Å². The molecule has 1 aromatic carbocycles. The highest BCUT2D eigenvalue weighted by Crippen LogP contribution is 2.23.